The molecule has 3 aromatic rings. The van der Waals surface area contributed by atoms with Crippen LogP contribution >= 0.6 is 15.9 Å². The van der Waals surface area contributed by atoms with Crippen molar-refractivity contribution in [1.82, 2.24) is 9.97 Å². The Hall–Kier alpha value is -2.89. The normalized spacial score (nSPS) is 11.7. The van der Waals surface area contributed by atoms with Gasteiger partial charge in [-0.1, -0.05) is 6.07 Å². The van der Waals surface area contributed by atoms with E-state index in [1.54, 1.807) is 12.1 Å². The molecule has 0 spiro atoms. The van der Waals surface area contributed by atoms with Crippen molar-refractivity contribution in [2.75, 3.05) is 10.6 Å². The molecule has 0 aliphatic carbocycles. The van der Waals surface area contributed by atoms with E-state index >= 15 is 0 Å². The van der Waals surface area contributed by atoms with Crippen LogP contribution in [0.1, 0.15) is 10.4 Å². The highest BCUT2D eigenvalue weighted by Gasteiger charge is 2.16. The number of amides is 1. The summed E-state index contributed by atoms with van der Waals surface area (Å²) in [5.41, 5.74) is 5.68. The van der Waals surface area contributed by atoms with Crippen molar-refractivity contribution < 1.29 is 17.9 Å². The van der Waals surface area contributed by atoms with Crippen LogP contribution < -0.4 is 16.4 Å². The molecule has 1 aromatic heterocycles. The number of rotatable bonds is 6. The average molecular weight is 465 g/mol. The number of nitrogens with zero attached hydrogens (tertiary/aromatic N) is 2. The van der Waals surface area contributed by atoms with Crippen LogP contribution in [0, 0.1) is 5.82 Å². The van der Waals surface area contributed by atoms with Gasteiger partial charge in [0.2, 0.25) is 5.95 Å². The van der Waals surface area contributed by atoms with Gasteiger partial charge < -0.3 is 20.9 Å². The number of nitrogens with one attached hydrogen (secondary N) is 2. The number of aromatic nitrogens is 2. The first-order chi connectivity index (χ1) is 13.3. The predicted octanol–water partition coefficient (Wildman–Crippen LogP) is 3.20. The largest absolute Gasteiger partial charge is 0.768 e. The first kappa shape index (κ1) is 19.9. The highest BCUT2D eigenvalue weighted by Crippen LogP contribution is 2.28. The number of primary amides is 1. The van der Waals surface area contributed by atoms with E-state index in [1.165, 1.54) is 30.5 Å². The summed E-state index contributed by atoms with van der Waals surface area (Å²) in [6.45, 7) is 0. The maximum Gasteiger partial charge on any atom is 0.253 e. The summed E-state index contributed by atoms with van der Waals surface area (Å²) in [4.78, 5) is 20.1. The van der Waals surface area contributed by atoms with E-state index in [2.05, 4.69) is 36.5 Å². The highest BCUT2D eigenvalue weighted by molar-refractivity contribution is 9.10. The average Bonchev–Trinajstić information content (AvgIpc) is 2.64. The van der Waals surface area contributed by atoms with Crippen molar-refractivity contribution >= 4 is 56.1 Å². The zero-order chi connectivity index (χ0) is 20.3. The minimum Gasteiger partial charge on any atom is -0.768 e. The zero-order valence-electron chi connectivity index (χ0n) is 14.0. The molecule has 0 radical (unpaired) electrons. The van der Waals surface area contributed by atoms with Gasteiger partial charge >= 0.3 is 0 Å². The monoisotopic (exact) mass is 464 g/mol. The van der Waals surface area contributed by atoms with E-state index < -0.39 is 22.8 Å². The Bertz CT molecular complexity index is 1070. The van der Waals surface area contributed by atoms with E-state index in [1.807, 2.05) is 0 Å². The maximum absolute atomic E-state index is 13.9. The van der Waals surface area contributed by atoms with Crippen molar-refractivity contribution in [1.29, 1.82) is 0 Å². The number of anilines is 4. The number of hydrogen-bond acceptors (Lipinski definition) is 7. The Morgan fingerprint density at radius 2 is 1.89 bits per heavy atom. The van der Waals surface area contributed by atoms with Gasteiger partial charge in [-0.25, -0.2) is 9.37 Å². The molecule has 0 aliphatic heterocycles. The van der Waals surface area contributed by atoms with Gasteiger partial charge in [-0.05, 0) is 63.4 Å². The molecule has 0 saturated carbocycles. The van der Waals surface area contributed by atoms with Crippen LogP contribution in [-0.2, 0) is 11.1 Å². The smallest absolute Gasteiger partial charge is 0.253 e. The Balaban J connectivity index is 1.87. The Morgan fingerprint density at radius 3 is 2.54 bits per heavy atom. The molecule has 1 amide bonds. The molecule has 3 rings (SSSR count). The molecule has 2 aromatic carbocycles. The van der Waals surface area contributed by atoms with Crippen molar-refractivity contribution in [2.24, 2.45) is 5.73 Å². The fourth-order valence-electron chi connectivity index (χ4n) is 2.30. The van der Waals surface area contributed by atoms with Crippen LogP contribution in [0.3, 0.4) is 0 Å². The quantitative estimate of drug-likeness (QED) is 0.476. The Kier molecular flexibility index (Phi) is 5.97. The number of benzene rings is 2. The molecule has 8 nitrogen and oxygen atoms in total. The standard InChI is InChI=1S/C17H13BrFN5O3S/c18-11-8-21-17(22-9-4-6-10(7-5-9)28(26)27)24-16(11)23-13-3-1-2-12(19)14(13)15(20)25/h1-8H,(H2,20,25)(H,26,27)(H2,21,22,23,24)/p-1. The molecule has 11 heteroatoms. The second kappa shape index (κ2) is 8.42. The SMILES string of the molecule is NC(=O)c1c(F)cccc1Nc1nc(Nc2ccc(S(=O)[O-])cc2)ncc1Br. The van der Waals surface area contributed by atoms with Crippen LogP contribution in [0.15, 0.2) is 58.0 Å². The second-order valence-corrected chi connectivity index (χ2v) is 7.22. The molecule has 144 valence electrons. The minimum absolute atomic E-state index is 0.148. The van der Waals surface area contributed by atoms with E-state index in [4.69, 9.17) is 5.73 Å². The molecular weight excluding hydrogens is 453 g/mol. The third-order valence-corrected chi connectivity index (χ3v) is 4.80. The van der Waals surface area contributed by atoms with Crippen LogP contribution in [-0.4, -0.2) is 24.6 Å². The minimum atomic E-state index is -2.31. The van der Waals surface area contributed by atoms with E-state index in [0.717, 1.165) is 6.07 Å². The molecule has 0 bridgehead atoms. The van der Waals surface area contributed by atoms with Crippen LogP contribution in [0.2, 0.25) is 0 Å². The van der Waals surface area contributed by atoms with E-state index in [-0.39, 0.29) is 27.9 Å². The van der Waals surface area contributed by atoms with Gasteiger partial charge in [0, 0.05) is 16.8 Å². The summed E-state index contributed by atoms with van der Waals surface area (Å²) in [6, 6.07) is 10.0. The molecule has 1 heterocycles. The molecule has 0 fully saturated rings. The number of carbonyl (C=O) groups is 1. The first-order valence-electron chi connectivity index (χ1n) is 7.69. The third kappa shape index (κ3) is 4.50. The second-order valence-electron chi connectivity index (χ2n) is 5.43. The number of hydrogen-bond donors (Lipinski definition) is 3. The van der Waals surface area contributed by atoms with Gasteiger partial charge in [0.15, 0.2) is 0 Å². The fourth-order valence-corrected chi connectivity index (χ4v) is 2.95. The molecule has 28 heavy (non-hydrogen) atoms. The topological polar surface area (TPSA) is 133 Å². The molecule has 0 aliphatic rings. The van der Waals surface area contributed by atoms with Crippen LogP contribution in [0.25, 0.3) is 0 Å². The molecule has 4 N–H and O–H groups in total. The van der Waals surface area contributed by atoms with Crippen LogP contribution in [0.4, 0.5) is 27.5 Å². The van der Waals surface area contributed by atoms with Gasteiger partial charge in [0.1, 0.15) is 11.6 Å². The van der Waals surface area contributed by atoms with Gasteiger partial charge in [0.25, 0.3) is 5.91 Å². The maximum atomic E-state index is 13.9. The summed E-state index contributed by atoms with van der Waals surface area (Å²) in [5, 5.41) is 5.78. The highest BCUT2D eigenvalue weighted by atomic mass is 79.9. The van der Waals surface area contributed by atoms with E-state index in [0.29, 0.717) is 10.2 Å². The summed E-state index contributed by atoms with van der Waals surface area (Å²) in [6.07, 6.45) is 1.46. The summed E-state index contributed by atoms with van der Waals surface area (Å²) < 4.78 is 36.2. The van der Waals surface area contributed by atoms with Gasteiger partial charge in [-0.3, -0.25) is 9.00 Å². The zero-order valence-corrected chi connectivity index (χ0v) is 16.4. The number of nitrogens with two attached hydrogens (primary N) is 1. The number of halogens is 2. The molecule has 0 saturated heterocycles. The summed E-state index contributed by atoms with van der Waals surface area (Å²) >= 11 is 0.970. The Morgan fingerprint density at radius 1 is 1.18 bits per heavy atom. The lowest BCUT2D eigenvalue weighted by molar-refractivity contribution is 0.0997. The van der Waals surface area contributed by atoms with Gasteiger partial charge in [0.05, 0.1) is 15.7 Å². The van der Waals surface area contributed by atoms with Gasteiger partial charge in [-0.2, -0.15) is 4.98 Å². The van der Waals surface area contributed by atoms with Crippen LogP contribution in [0.5, 0.6) is 0 Å². The third-order valence-electron chi connectivity index (χ3n) is 3.56. The molecule has 1 unspecified atom stereocenters. The molecule has 1 atom stereocenters. The fraction of sp³-hybridized carbons (Fsp3) is 0. The first-order valence-corrected chi connectivity index (χ1v) is 9.56. The lowest BCUT2D eigenvalue weighted by atomic mass is 10.1. The van der Waals surface area contributed by atoms with Crippen molar-refractivity contribution in [2.45, 2.75) is 4.90 Å². The van der Waals surface area contributed by atoms with Crippen molar-refractivity contribution in [3.05, 3.63) is 64.5 Å². The molecular formula is C17H12BrFN5O3S-. The summed E-state index contributed by atoms with van der Waals surface area (Å²) in [7, 11) is 0. The van der Waals surface area contributed by atoms with Gasteiger partial charge in [-0.15, -0.1) is 0 Å². The summed E-state index contributed by atoms with van der Waals surface area (Å²) in [5.74, 6) is -1.21. The Labute approximate surface area is 169 Å². The van der Waals surface area contributed by atoms with Crippen molar-refractivity contribution in [3.8, 4) is 0 Å². The number of carbonyl (C=O) groups excluding carboxylic acids is 1. The predicted molar refractivity (Wildman–Crippen MR) is 105 cm³/mol. The van der Waals surface area contributed by atoms with E-state index in [9.17, 15) is 17.9 Å². The lowest BCUT2D eigenvalue weighted by Gasteiger charge is -2.13. The lowest BCUT2D eigenvalue weighted by Crippen LogP contribution is -2.16. The van der Waals surface area contributed by atoms with Crippen molar-refractivity contribution in [3.63, 3.8) is 0 Å².